The zero-order chi connectivity index (χ0) is 14.9. The van der Waals surface area contributed by atoms with E-state index in [0.29, 0.717) is 5.92 Å². The molecular formula is C15H20BrN3S. The van der Waals surface area contributed by atoms with Gasteiger partial charge >= 0.3 is 0 Å². The lowest BCUT2D eigenvalue weighted by molar-refractivity contribution is 0.831. The summed E-state index contributed by atoms with van der Waals surface area (Å²) in [4.78, 5) is 11.8. The van der Waals surface area contributed by atoms with Crippen LogP contribution in [0, 0.1) is 13.8 Å². The summed E-state index contributed by atoms with van der Waals surface area (Å²) in [7, 11) is 0. The predicted molar refractivity (Wildman–Crippen MR) is 90.8 cm³/mol. The average Bonchev–Trinajstić information content (AvgIpc) is 2.69. The van der Waals surface area contributed by atoms with Gasteiger partial charge in [0.05, 0.1) is 4.88 Å². The van der Waals surface area contributed by atoms with Crippen LogP contribution >= 0.6 is 27.3 Å². The lowest BCUT2D eigenvalue weighted by atomic mass is 10.0. The van der Waals surface area contributed by atoms with E-state index in [1.54, 1.807) is 11.3 Å². The van der Waals surface area contributed by atoms with Crippen LogP contribution in [0.4, 0.5) is 5.82 Å². The molecule has 108 valence electrons. The second kappa shape index (κ2) is 6.22. The molecule has 0 unspecified atom stereocenters. The fraction of sp³-hybridized carbons (Fsp3) is 0.467. The summed E-state index contributed by atoms with van der Waals surface area (Å²) in [6.45, 7) is 11.5. The van der Waals surface area contributed by atoms with E-state index in [0.717, 1.165) is 33.2 Å². The molecule has 0 saturated heterocycles. The van der Waals surface area contributed by atoms with Crippen molar-refractivity contribution in [3.8, 4) is 10.7 Å². The Hall–Kier alpha value is -0.940. The molecule has 2 heterocycles. The molecule has 2 aromatic rings. The summed E-state index contributed by atoms with van der Waals surface area (Å²) in [5.74, 6) is 2.18. The van der Waals surface area contributed by atoms with E-state index in [1.807, 2.05) is 0 Å². The highest BCUT2D eigenvalue weighted by Gasteiger charge is 2.16. The molecule has 0 bridgehead atoms. The molecule has 2 rings (SSSR count). The Morgan fingerprint density at radius 2 is 2.00 bits per heavy atom. The first kappa shape index (κ1) is 15.4. The number of thiophene rings is 1. The molecule has 20 heavy (non-hydrogen) atoms. The highest BCUT2D eigenvalue weighted by Crippen LogP contribution is 2.34. The maximum atomic E-state index is 4.74. The molecule has 0 amide bonds. The van der Waals surface area contributed by atoms with Crippen molar-refractivity contribution in [1.82, 2.24) is 9.97 Å². The Kier molecular flexibility index (Phi) is 4.81. The first-order chi connectivity index (χ1) is 9.43. The smallest absolute Gasteiger partial charge is 0.171 e. The SMILES string of the molecule is CCNc1nc(-c2cc(Br)c(C)s2)nc(C)c1C(C)C. The lowest BCUT2D eigenvalue weighted by Gasteiger charge is -2.16. The lowest BCUT2D eigenvalue weighted by Crippen LogP contribution is -2.09. The topological polar surface area (TPSA) is 37.8 Å². The molecule has 0 aliphatic carbocycles. The molecular weight excluding hydrogens is 334 g/mol. The number of nitrogens with zero attached hydrogens (tertiary/aromatic N) is 2. The second-order valence-electron chi connectivity index (χ2n) is 5.09. The monoisotopic (exact) mass is 353 g/mol. The largest absolute Gasteiger partial charge is 0.370 e. The molecule has 3 nitrogen and oxygen atoms in total. The van der Waals surface area contributed by atoms with Crippen LogP contribution in [0.1, 0.15) is 42.8 Å². The Balaban J connectivity index is 2.56. The van der Waals surface area contributed by atoms with Crippen LogP contribution in [-0.4, -0.2) is 16.5 Å². The molecule has 0 saturated carbocycles. The molecule has 0 aliphatic heterocycles. The fourth-order valence-corrected chi connectivity index (χ4v) is 3.72. The van der Waals surface area contributed by atoms with Crippen LogP contribution in [0.5, 0.6) is 0 Å². The third kappa shape index (κ3) is 3.04. The number of aryl methyl sites for hydroxylation is 2. The molecule has 0 atom stereocenters. The number of nitrogens with one attached hydrogen (secondary N) is 1. The van der Waals surface area contributed by atoms with Crippen molar-refractivity contribution in [3.05, 3.63) is 26.7 Å². The fourth-order valence-electron chi connectivity index (χ4n) is 2.26. The van der Waals surface area contributed by atoms with Gasteiger partial charge in [0.15, 0.2) is 5.82 Å². The van der Waals surface area contributed by atoms with Gasteiger partial charge in [-0.1, -0.05) is 13.8 Å². The van der Waals surface area contributed by atoms with Gasteiger partial charge < -0.3 is 5.32 Å². The number of hydrogen-bond acceptors (Lipinski definition) is 4. The summed E-state index contributed by atoms with van der Waals surface area (Å²) in [6.07, 6.45) is 0. The van der Waals surface area contributed by atoms with Gasteiger partial charge in [-0.05, 0) is 48.7 Å². The van der Waals surface area contributed by atoms with Gasteiger partial charge in [0.1, 0.15) is 5.82 Å². The number of anilines is 1. The summed E-state index contributed by atoms with van der Waals surface area (Å²) in [5.41, 5.74) is 2.27. The van der Waals surface area contributed by atoms with Crippen molar-refractivity contribution in [3.63, 3.8) is 0 Å². The standard InChI is InChI=1S/C15H20BrN3S/c1-6-17-15-13(8(2)3)9(4)18-14(19-15)12-7-11(16)10(5)20-12/h7-8H,6H2,1-5H3,(H,17,18,19). The molecule has 0 spiro atoms. The minimum absolute atomic E-state index is 0.412. The molecule has 5 heteroatoms. The van der Waals surface area contributed by atoms with Gasteiger partial charge in [-0.15, -0.1) is 11.3 Å². The molecule has 0 aromatic carbocycles. The van der Waals surface area contributed by atoms with Crippen LogP contribution in [0.15, 0.2) is 10.5 Å². The summed E-state index contributed by atoms with van der Waals surface area (Å²) >= 11 is 5.28. The van der Waals surface area contributed by atoms with E-state index in [4.69, 9.17) is 9.97 Å². The number of hydrogen-bond donors (Lipinski definition) is 1. The number of halogens is 1. The highest BCUT2D eigenvalue weighted by atomic mass is 79.9. The van der Waals surface area contributed by atoms with Crippen molar-refractivity contribution in [2.24, 2.45) is 0 Å². The maximum Gasteiger partial charge on any atom is 0.171 e. The van der Waals surface area contributed by atoms with Crippen LogP contribution in [-0.2, 0) is 0 Å². The quantitative estimate of drug-likeness (QED) is 0.826. The maximum absolute atomic E-state index is 4.74. The minimum atomic E-state index is 0.412. The molecule has 2 aromatic heterocycles. The predicted octanol–water partition coefficient (Wildman–Crippen LogP) is 5.14. The van der Waals surface area contributed by atoms with Gasteiger partial charge in [-0.2, -0.15) is 0 Å². The Morgan fingerprint density at radius 3 is 2.50 bits per heavy atom. The van der Waals surface area contributed by atoms with Crippen molar-refractivity contribution in [1.29, 1.82) is 0 Å². The zero-order valence-electron chi connectivity index (χ0n) is 12.5. The third-order valence-electron chi connectivity index (χ3n) is 3.14. The van der Waals surface area contributed by atoms with Crippen LogP contribution in [0.2, 0.25) is 0 Å². The Morgan fingerprint density at radius 1 is 1.30 bits per heavy atom. The molecule has 0 fully saturated rings. The second-order valence-corrected chi connectivity index (χ2v) is 7.21. The normalized spacial score (nSPS) is 11.2. The van der Waals surface area contributed by atoms with E-state index in [9.17, 15) is 0 Å². The van der Waals surface area contributed by atoms with Crippen LogP contribution < -0.4 is 5.32 Å². The van der Waals surface area contributed by atoms with Crippen molar-refractivity contribution >= 4 is 33.1 Å². The number of aromatic nitrogens is 2. The van der Waals surface area contributed by atoms with E-state index in [2.05, 4.69) is 61.9 Å². The van der Waals surface area contributed by atoms with E-state index >= 15 is 0 Å². The summed E-state index contributed by atoms with van der Waals surface area (Å²) in [5, 5.41) is 3.37. The first-order valence-electron chi connectivity index (χ1n) is 6.82. The van der Waals surface area contributed by atoms with E-state index < -0.39 is 0 Å². The molecule has 0 aliphatic rings. The van der Waals surface area contributed by atoms with E-state index in [-0.39, 0.29) is 0 Å². The third-order valence-corrected chi connectivity index (χ3v) is 5.27. The van der Waals surface area contributed by atoms with E-state index in [1.165, 1.54) is 10.4 Å². The average molecular weight is 354 g/mol. The molecule has 1 N–H and O–H groups in total. The van der Waals surface area contributed by atoms with Crippen molar-refractivity contribution in [2.45, 2.75) is 40.5 Å². The van der Waals surface area contributed by atoms with Crippen LogP contribution in [0.25, 0.3) is 10.7 Å². The zero-order valence-corrected chi connectivity index (χ0v) is 14.9. The Bertz CT molecular complexity index is 600. The summed E-state index contributed by atoms with van der Waals surface area (Å²) in [6, 6.07) is 2.10. The Labute approximate surface area is 133 Å². The first-order valence-corrected chi connectivity index (χ1v) is 8.43. The van der Waals surface area contributed by atoms with Gasteiger partial charge in [-0.3, -0.25) is 0 Å². The number of rotatable bonds is 4. The van der Waals surface area contributed by atoms with Gasteiger partial charge in [0.25, 0.3) is 0 Å². The van der Waals surface area contributed by atoms with Gasteiger partial charge in [0.2, 0.25) is 0 Å². The molecule has 0 radical (unpaired) electrons. The highest BCUT2D eigenvalue weighted by molar-refractivity contribution is 9.10. The van der Waals surface area contributed by atoms with Crippen LogP contribution in [0.3, 0.4) is 0 Å². The van der Waals surface area contributed by atoms with Crippen molar-refractivity contribution in [2.75, 3.05) is 11.9 Å². The van der Waals surface area contributed by atoms with Crippen molar-refractivity contribution < 1.29 is 0 Å². The van der Waals surface area contributed by atoms with Gasteiger partial charge in [0, 0.05) is 27.2 Å². The van der Waals surface area contributed by atoms with Gasteiger partial charge in [-0.25, -0.2) is 9.97 Å². The summed E-state index contributed by atoms with van der Waals surface area (Å²) < 4.78 is 1.12. The minimum Gasteiger partial charge on any atom is -0.370 e.